The van der Waals surface area contributed by atoms with Gasteiger partial charge in [0.1, 0.15) is 0 Å². The largest absolute Gasteiger partial charge is 0.320 e. The lowest BCUT2D eigenvalue weighted by Crippen LogP contribution is -2.34. The van der Waals surface area contributed by atoms with Crippen LogP contribution in [-0.2, 0) is 0 Å². The average molecular weight is 198 g/mol. The molecule has 0 aliphatic heterocycles. The lowest BCUT2D eigenvalue weighted by atomic mass is 9.94. The quantitative estimate of drug-likeness (QED) is 0.659. The van der Waals surface area contributed by atoms with Gasteiger partial charge in [-0.3, -0.25) is 0 Å². The number of hydrogen-bond acceptors (Lipinski definition) is 2. The van der Waals surface area contributed by atoms with E-state index in [0.717, 1.165) is 6.04 Å². The molecule has 0 radical (unpaired) electrons. The van der Waals surface area contributed by atoms with Gasteiger partial charge in [-0.25, -0.2) is 0 Å². The van der Waals surface area contributed by atoms with Crippen LogP contribution in [0.25, 0.3) is 0 Å². The third-order valence-electron chi connectivity index (χ3n) is 3.39. The molecule has 0 unspecified atom stereocenters. The molecule has 0 saturated heterocycles. The van der Waals surface area contributed by atoms with Crippen molar-refractivity contribution in [3.8, 4) is 0 Å². The molecular formula is C12H26N2. The number of unbranched alkanes of at least 4 members (excludes halogenated alkanes) is 1. The average Bonchev–Trinajstić information content (AvgIpc) is 2.25. The molecular weight excluding hydrogens is 172 g/mol. The maximum Gasteiger partial charge on any atom is 0.00922 e. The Bertz CT molecular complexity index is 130. The van der Waals surface area contributed by atoms with E-state index in [1.807, 2.05) is 7.05 Å². The Labute approximate surface area is 89.1 Å². The summed E-state index contributed by atoms with van der Waals surface area (Å²) >= 11 is 0. The second kappa shape index (κ2) is 7.24. The molecule has 2 nitrogen and oxygen atoms in total. The van der Waals surface area contributed by atoms with Crippen LogP contribution in [0.3, 0.4) is 0 Å². The Hall–Kier alpha value is -0.0800. The van der Waals surface area contributed by atoms with Gasteiger partial charge in [-0.05, 0) is 52.9 Å². The minimum Gasteiger partial charge on any atom is -0.320 e. The molecule has 0 aromatic heterocycles. The monoisotopic (exact) mass is 198 g/mol. The van der Waals surface area contributed by atoms with Crippen molar-refractivity contribution in [3.05, 3.63) is 0 Å². The zero-order valence-electron chi connectivity index (χ0n) is 9.89. The van der Waals surface area contributed by atoms with Crippen LogP contribution in [0.15, 0.2) is 0 Å². The van der Waals surface area contributed by atoms with Crippen LogP contribution in [0.4, 0.5) is 0 Å². The first-order valence-electron chi connectivity index (χ1n) is 6.19. The fourth-order valence-electron chi connectivity index (χ4n) is 2.37. The molecule has 2 heteroatoms. The summed E-state index contributed by atoms with van der Waals surface area (Å²) in [5, 5.41) is 3.20. The second-order valence-corrected chi connectivity index (χ2v) is 4.58. The van der Waals surface area contributed by atoms with Crippen molar-refractivity contribution >= 4 is 0 Å². The van der Waals surface area contributed by atoms with Gasteiger partial charge in [0.25, 0.3) is 0 Å². The Kier molecular flexibility index (Phi) is 6.20. The highest BCUT2D eigenvalue weighted by Crippen LogP contribution is 2.21. The van der Waals surface area contributed by atoms with Crippen LogP contribution in [0.2, 0.25) is 0 Å². The highest BCUT2D eigenvalue weighted by Gasteiger charge is 2.16. The summed E-state index contributed by atoms with van der Waals surface area (Å²) < 4.78 is 0. The predicted molar refractivity (Wildman–Crippen MR) is 62.7 cm³/mol. The van der Waals surface area contributed by atoms with Crippen LogP contribution < -0.4 is 5.32 Å². The van der Waals surface area contributed by atoms with E-state index in [2.05, 4.69) is 17.3 Å². The molecule has 1 saturated carbocycles. The first kappa shape index (κ1) is 12.0. The zero-order chi connectivity index (χ0) is 10.2. The van der Waals surface area contributed by atoms with Crippen molar-refractivity contribution in [2.24, 2.45) is 0 Å². The molecule has 0 amide bonds. The van der Waals surface area contributed by atoms with Crippen LogP contribution >= 0.6 is 0 Å². The summed E-state index contributed by atoms with van der Waals surface area (Å²) in [5.41, 5.74) is 0. The molecule has 0 spiro atoms. The van der Waals surface area contributed by atoms with Gasteiger partial charge in [0.15, 0.2) is 0 Å². The van der Waals surface area contributed by atoms with E-state index in [1.165, 1.54) is 58.0 Å². The van der Waals surface area contributed by atoms with E-state index in [9.17, 15) is 0 Å². The second-order valence-electron chi connectivity index (χ2n) is 4.58. The Morgan fingerprint density at radius 1 is 1.14 bits per heavy atom. The van der Waals surface area contributed by atoms with Crippen molar-refractivity contribution in [3.63, 3.8) is 0 Å². The molecule has 0 heterocycles. The lowest BCUT2D eigenvalue weighted by molar-refractivity contribution is 0.189. The van der Waals surface area contributed by atoms with Crippen molar-refractivity contribution in [2.45, 2.75) is 51.0 Å². The fraction of sp³-hybridized carbons (Fsp3) is 1.00. The maximum atomic E-state index is 3.20. The summed E-state index contributed by atoms with van der Waals surface area (Å²) in [6, 6.07) is 0.887. The topological polar surface area (TPSA) is 15.3 Å². The minimum atomic E-state index is 0.887. The molecule has 0 bridgehead atoms. The van der Waals surface area contributed by atoms with E-state index in [4.69, 9.17) is 0 Å². The van der Waals surface area contributed by atoms with Crippen molar-refractivity contribution in [1.82, 2.24) is 10.2 Å². The smallest absolute Gasteiger partial charge is 0.00922 e. The van der Waals surface area contributed by atoms with Crippen molar-refractivity contribution in [2.75, 3.05) is 27.2 Å². The van der Waals surface area contributed by atoms with Gasteiger partial charge < -0.3 is 10.2 Å². The van der Waals surface area contributed by atoms with E-state index >= 15 is 0 Å². The number of hydrogen-bond donors (Lipinski definition) is 1. The van der Waals surface area contributed by atoms with Crippen LogP contribution in [0.1, 0.15) is 44.9 Å². The third-order valence-corrected chi connectivity index (χ3v) is 3.39. The summed E-state index contributed by atoms with van der Waals surface area (Å²) in [5.74, 6) is 0. The van der Waals surface area contributed by atoms with Gasteiger partial charge in [-0.2, -0.15) is 0 Å². The minimum absolute atomic E-state index is 0.887. The molecule has 1 aliphatic carbocycles. The Morgan fingerprint density at radius 2 is 1.86 bits per heavy atom. The van der Waals surface area contributed by atoms with Crippen LogP contribution in [-0.4, -0.2) is 38.1 Å². The molecule has 1 fully saturated rings. The molecule has 1 rings (SSSR count). The van der Waals surface area contributed by atoms with Gasteiger partial charge in [0.05, 0.1) is 0 Å². The normalized spacial score (nSPS) is 19.1. The van der Waals surface area contributed by atoms with Crippen LogP contribution in [0, 0.1) is 0 Å². The molecule has 1 aliphatic rings. The lowest BCUT2D eigenvalue weighted by Gasteiger charge is -2.31. The number of nitrogens with zero attached hydrogens (tertiary/aromatic N) is 1. The summed E-state index contributed by atoms with van der Waals surface area (Å²) in [6.45, 7) is 2.45. The predicted octanol–water partition coefficient (Wildman–Crippen LogP) is 2.25. The maximum absolute atomic E-state index is 3.20. The first-order chi connectivity index (χ1) is 6.84. The van der Waals surface area contributed by atoms with E-state index in [1.54, 1.807) is 0 Å². The molecule has 1 N–H and O–H groups in total. The summed E-state index contributed by atoms with van der Waals surface area (Å²) in [6.07, 6.45) is 9.88. The first-order valence-corrected chi connectivity index (χ1v) is 6.19. The van der Waals surface area contributed by atoms with E-state index < -0.39 is 0 Å². The van der Waals surface area contributed by atoms with Gasteiger partial charge in [-0.15, -0.1) is 0 Å². The van der Waals surface area contributed by atoms with Gasteiger partial charge >= 0.3 is 0 Å². The summed E-state index contributed by atoms with van der Waals surface area (Å²) in [4.78, 5) is 2.58. The fourth-order valence-corrected chi connectivity index (χ4v) is 2.37. The van der Waals surface area contributed by atoms with Gasteiger partial charge in [-0.1, -0.05) is 19.3 Å². The third kappa shape index (κ3) is 4.43. The van der Waals surface area contributed by atoms with E-state index in [-0.39, 0.29) is 0 Å². The van der Waals surface area contributed by atoms with Crippen molar-refractivity contribution in [1.29, 1.82) is 0 Å². The number of rotatable bonds is 6. The molecule has 84 valence electrons. The highest BCUT2D eigenvalue weighted by atomic mass is 15.1. The van der Waals surface area contributed by atoms with Crippen molar-refractivity contribution < 1.29 is 0 Å². The zero-order valence-corrected chi connectivity index (χ0v) is 9.89. The summed E-state index contributed by atoms with van der Waals surface area (Å²) in [7, 11) is 4.33. The van der Waals surface area contributed by atoms with Crippen LogP contribution in [0.5, 0.6) is 0 Å². The van der Waals surface area contributed by atoms with Gasteiger partial charge in [0, 0.05) is 6.04 Å². The van der Waals surface area contributed by atoms with E-state index in [0.29, 0.717) is 0 Å². The number of nitrogens with one attached hydrogen (secondary N) is 1. The molecule has 0 aromatic carbocycles. The van der Waals surface area contributed by atoms with Gasteiger partial charge in [0.2, 0.25) is 0 Å². The standard InChI is InChI=1S/C12H26N2/c1-13-10-6-7-11-14(2)12-8-4-3-5-9-12/h12-13H,3-11H2,1-2H3. The highest BCUT2D eigenvalue weighted by molar-refractivity contribution is 4.73. The molecule has 0 atom stereocenters. The Morgan fingerprint density at radius 3 is 2.50 bits per heavy atom. The molecule has 14 heavy (non-hydrogen) atoms. The SMILES string of the molecule is CNCCCCN(C)C1CCCCC1. The Balaban J connectivity index is 2.04. The molecule has 0 aromatic rings.